The maximum atomic E-state index is 3.59. The van der Waals surface area contributed by atoms with Gasteiger partial charge < -0.3 is 0 Å². The second-order valence-electron chi connectivity index (χ2n) is 5.13. The van der Waals surface area contributed by atoms with E-state index in [9.17, 15) is 0 Å². The van der Waals surface area contributed by atoms with Crippen LogP contribution in [0.1, 0.15) is 53.4 Å². The average molecular weight is 198 g/mol. The number of rotatable bonds is 4. The molecule has 1 aliphatic rings. The Morgan fingerprint density at radius 3 is 2.29 bits per heavy atom. The molecule has 2 heteroatoms. The van der Waals surface area contributed by atoms with Crippen LogP contribution >= 0.6 is 0 Å². The number of nitrogens with one attached hydrogen (secondary N) is 1. The highest BCUT2D eigenvalue weighted by Gasteiger charge is 2.23. The smallest absolute Gasteiger partial charge is 0.0218 e. The van der Waals surface area contributed by atoms with Crippen molar-refractivity contribution >= 4 is 0 Å². The second kappa shape index (κ2) is 5.72. The van der Waals surface area contributed by atoms with Gasteiger partial charge in [0.25, 0.3) is 0 Å². The topological polar surface area (TPSA) is 15.3 Å². The highest BCUT2D eigenvalue weighted by Crippen LogP contribution is 2.20. The molecule has 1 aliphatic heterocycles. The van der Waals surface area contributed by atoms with Gasteiger partial charge in [-0.2, -0.15) is 0 Å². The van der Waals surface area contributed by atoms with Gasteiger partial charge in [-0.05, 0) is 39.0 Å². The van der Waals surface area contributed by atoms with Crippen LogP contribution in [0.15, 0.2) is 0 Å². The van der Waals surface area contributed by atoms with Crippen molar-refractivity contribution in [2.24, 2.45) is 5.92 Å². The number of hydrazine groups is 1. The molecule has 0 aromatic rings. The highest BCUT2D eigenvalue weighted by atomic mass is 15.5. The van der Waals surface area contributed by atoms with Crippen LogP contribution in [0.2, 0.25) is 0 Å². The maximum Gasteiger partial charge on any atom is 0.0218 e. The van der Waals surface area contributed by atoms with Crippen LogP contribution in [-0.4, -0.2) is 23.6 Å². The third-order valence-electron chi connectivity index (χ3n) is 3.21. The molecule has 1 N–H and O–H groups in total. The van der Waals surface area contributed by atoms with Crippen molar-refractivity contribution < 1.29 is 0 Å². The van der Waals surface area contributed by atoms with Crippen LogP contribution in [0.25, 0.3) is 0 Å². The van der Waals surface area contributed by atoms with Gasteiger partial charge in [0.15, 0.2) is 0 Å². The van der Waals surface area contributed by atoms with Crippen LogP contribution < -0.4 is 5.43 Å². The van der Waals surface area contributed by atoms with Crippen molar-refractivity contribution in [1.29, 1.82) is 0 Å². The van der Waals surface area contributed by atoms with Gasteiger partial charge in [-0.3, -0.25) is 5.43 Å². The Hall–Kier alpha value is -0.0800. The molecule has 1 heterocycles. The fourth-order valence-electron chi connectivity index (χ4n) is 2.22. The molecule has 1 rings (SSSR count). The van der Waals surface area contributed by atoms with E-state index in [1.165, 1.54) is 25.7 Å². The summed E-state index contributed by atoms with van der Waals surface area (Å²) in [7, 11) is 0. The summed E-state index contributed by atoms with van der Waals surface area (Å²) < 4.78 is 0. The van der Waals surface area contributed by atoms with E-state index in [4.69, 9.17) is 0 Å². The molecule has 1 saturated heterocycles. The Kier molecular flexibility index (Phi) is 4.90. The van der Waals surface area contributed by atoms with Gasteiger partial charge in [0.05, 0.1) is 0 Å². The Labute approximate surface area is 89.0 Å². The van der Waals surface area contributed by atoms with Crippen LogP contribution in [0, 0.1) is 5.92 Å². The van der Waals surface area contributed by atoms with Crippen molar-refractivity contribution in [1.82, 2.24) is 10.4 Å². The summed E-state index contributed by atoms with van der Waals surface area (Å²) in [4.78, 5) is 0. The Morgan fingerprint density at radius 2 is 1.79 bits per heavy atom. The molecular formula is C12H26N2. The van der Waals surface area contributed by atoms with E-state index in [0.717, 1.165) is 12.5 Å². The van der Waals surface area contributed by atoms with Crippen LogP contribution in [0.3, 0.4) is 0 Å². The van der Waals surface area contributed by atoms with E-state index >= 15 is 0 Å². The molecule has 1 fully saturated rings. The summed E-state index contributed by atoms with van der Waals surface area (Å²) in [5, 5.41) is 2.46. The Balaban J connectivity index is 2.26. The Bertz CT molecular complexity index is 146. The molecule has 0 aliphatic carbocycles. The second-order valence-corrected chi connectivity index (χ2v) is 5.13. The summed E-state index contributed by atoms with van der Waals surface area (Å²) in [5.41, 5.74) is 3.59. The molecule has 84 valence electrons. The average Bonchev–Trinajstić information content (AvgIpc) is 2.09. The zero-order chi connectivity index (χ0) is 10.6. The van der Waals surface area contributed by atoms with Gasteiger partial charge in [0, 0.05) is 18.6 Å². The molecule has 0 bridgehead atoms. The van der Waals surface area contributed by atoms with Gasteiger partial charge in [0.1, 0.15) is 0 Å². The molecule has 14 heavy (non-hydrogen) atoms. The highest BCUT2D eigenvalue weighted by molar-refractivity contribution is 4.76. The summed E-state index contributed by atoms with van der Waals surface area (Å²) in [6, 6.07) is 1.43. The minimum atomic E-state index is 0.714. The molecule has 0 radical (unpaired) electrons. The first kappa shape index (κ1) is 12.0. The van der Waals surface area contributed by atoms with Crippen molar-refractivity contribution in [2.45, 2.75) is 65.5 Å². The standard InChI is InChI=1S/C12H26N2/c1-10(2)8-9-13-14-11(3)6-5-7-12(14)4/h10-13H,5-9H2,1-4H3. The summed E-state index contributed by atoms with van der Waals surface area (Å²) in [6.45, 7) is 10.4. The Morgan fingerprint density at radius 1 is 1.21 bits per heavy atom. The van der Waals surface area contributed by atoms with Crippen LogP contribution in [0.5, 0.6) is 0 Å². The van der Waals surface area contributed by atoms with E-state index in [-0.39, 0.29) is 0 Å². The molecular weight excluding hydrogens is 172 g/mol. The van der Waals surface area contributed by atoms with Crippen molar-refractivity contribution in [3.05, 3.63) is 0 Å². The molecule has 0 aromatic carbocycles. The lowest BCUT2D eigenvalue weighted by atomic mass is 10.00. The van der Waals surface area contributed by atoms with Crippen molar-refractivity contribution in [3.63, 3.8) is 0 Å². The van der Waals surface area contributed by atoms with Crippen LogP contribution in [-0.2, 0) is 0 Å². The zero-order valence-electron chi connectivity index (χ0n) is 10.2. The summed E-state index contributed by atoms with van der Waals surface area (Å²) >= 11 is 0. The molecule has 2 nitrogen and oxygen atoms in total. The molecule has 0 spiro atoms. The number of nitrogens with zero attached hydrogens (tertiary/aromatic N) is 1. The van der Waals surface area contributed by atoms with Gasteiger partial charge in [-0.15, -0.1) is 0 Å². The number of hydrogen-bond donors (Lipinski definition) is 1. The monoisotopic (exact) mass is 198 g/mol. The van der Waals surface area contributed by atoms with E-state index in [1.54, 1.807) is 0 Å². The van der Waals surface area contributed by atoms with E-state index in [2.05, 4.69) is 38.1 Å². The maximum absolute atomic E-state index is 3.59. The first-order valence-electron chi connectivity index (χ1n) is 6.13. The van der Waals surface area contributed by atoms with Gasteiger partial charge in [-0.1, -0.05) is 20.3 Å². The lowest BCUT2D eigenvalue weighted by Gasteiger charge is -2.39. The van der Waals surface area contributed by atoms with Crippen LogP contribution in [0.4, 0.5) is 0 Å². The molecule has 2 unspecified atom stereocenters. The first-order chi connectivity index (χ1) is 6.61. The normalized spacial score (nSPS) is 29.8. The lowest BCUT2D eigenvalue weighted by molar-refractivity contribution is 0.0449. The van der Waals surface area contributed by atoms with Gasteiger partial charge in [0.2, 0.25) is 0 Å². The first-order valence-corrected chi connectivity index (χ1v) is 6.13. The third-order valence-corrected chi connectivity index (χ3v) is 3.21. The summed E-state index contributed by atoms with van der Waals surface area (Å²) in [5.74, 6) is 0.804. The van der Waals surface area contributed by atoms with Gasteiger partial charge in [-0.25, -0.2) is 5.01 Å². The number of piperidine rings is 1. The minimum Gasteiger partial charge on any atom is -0.255 e. The third kappa shape index (κ3) is 3.58. The van der Waals surface area contributed by atoms with E-state index in [0.29, 0.717) is 12.1 Å². The summed E-state index contributed by atoms with van der Waals surface area (Å²) in [6.07, 6.45) is 5.36. The number of hydrogen-bond acceptors (Lipinski definition) is 2. The minimum absolute atomic E-state index is 0.714. The zero-order valence-corrected chi connectivity index (χ0v) is 10.2. The van der Waals surface area contributed by atoms with Crippen molar-refractivity contribution in [3.8, 4) is 0 Å². The van der Waals surface area contributed by atoms with Crippen molar-refractivity contribution in [2.75, 3.05) is 6.54 Å². The SMILES string of the molecule is CC(C)CCNN1C(C)CCCC1C. The lowest BCUT2D eigenvalue weighted by Crippen LogP contribution is -2.52. The predicted molar refractivity (Wildman–Crippen MR) is 62.1 cm³/mol. The molecule has 0 amide bonds. The van der Waals surface area contributed by atoms with Gasteiger partial charge >= 0.3 is 0 Å². The fourth-order valence-corrected chi connectivity index (χ4v) is 2.22. The molecule has 0 saturated carbocycles. The fraction of sp³-hybridized carbons (Fsp3) is 1.00. The van der Waals surface area contributed by atoms with E-state index in [1.807, 2.05) is 0 Å². The largest absolute Gasteiger partial charge is 0.255 e. The molecule has 2 atom stereocenters. The quantitative estimate of drug-likeness (QED) is 0.747. The van der Waals surface area contributed by atoms with E-state index < -0.39 is 0 Å². The predicted octanol–water partition coefficient (Wildman–Crippen LogP) is 2.80. The molecule has 0 aromatic heterocycles.